The summed E-state index contributed by atoms with van der Waals surface area (Å²) in [5, 5.41) is 12.2. The highest BCUT2D eigenvalue weighted by atomic mass is 16.4. The number of anilines is 2. The van der Waals surface area contributed by atoms with Crippen LogP contribution >= 0.6 is 0 Å². The third-order valence-electron chi connectivity index (χ3n) is 5.15. The number of carboxylic acids is 1. The van der Waals surface area contributed by atoms with Gasteiger partial charge in [-0.15, -0.1) is 0 Å². The van der Waals surface area contributed by atoms with Gasteiger partial charge in [0.05, 0.1) is 16.6 Å². The largest absolute Gasteiger partial charge is 0.478 e. The van der Waals surface area contributed by atoms with E-state index in [1.165, 1.54) is 12.1 Å². The number of nitrogens with one attached hydrogen (secondary N) is 2. The number of benzene rings is 2. The number of aromatic amines is 1. The van der Waals surface area contributed by atoms with Gasteiger partial charge in [0.1, 0.15) is 0 Å². The Morgan fingerprint density at radius 3 is 2.48 bits per heavy atom. The number of H-pyrrole nitrogens is 1. The number of hydrogen-bond acceptors (Lipinski definition) is 7. The Hall–Kier alpha value is -4.21. The molecule has 31 heavy (non-hydrogen) atoms. The summed E-state index contributed by atoms with van der Waals surface area (Å²) in [6.45, 7) is 4.15. The van der Waals surface area contributed by atoms with Crippen LogP contribution in [0, 0.1) is 13.8 Å². The molecule has 0 radical (unpaired) electrons. The molecule has 2 heterocycles. The Labute approximate surface area is 175 Å². The van der Waals surface area contributed by atoms with E-state index in [1.807, 2.05) is 26.0 Å². The fourth-order valence-corrected chi connectivity index (χ4v) is 3.30. The highest BCUT2D eigenvalue weighted by Crippen LogP contribution is 2.18. The van der Waals surface area contributed by atoms with Crippen molar-refractivity contribution in [1.82, 2.24) is 19.5 Å². The molecule has 0 atom stereocenters. The van der Waals surface area contributed by atoms with Crippen molar-refractivity contribution in [2.24, 2.45) is 0 Å². The fraction of sp³-hybridized carbons (Fsp3) is 0.190. The molecule has 0 saturated carbocycles. The topological polar surface area (TPSA) is 156 Å². The molecule has 0 aliphatic heterocycles. The van der Waals surface area contributed by atoms with Crippen LogP contribution in [0.15, 0.2) is 39.9 Å². The second-order valence-electron chi connectivity index (χ2n) is 7.27. The van der Waals surface area contributed by atoms with Gasteiger partial charge in [-0.1, -0.05) is 0 Å². The standard InChI is InChI=1S/C21H20N6O4/c1-10-7-15-16(8-11(10)2)25-18-17(24-15)19(28)27(21(31)26-18)6-5-23-12-3-4-14(22)13(9-12)20(29)30/h3-4,7-9,23H,5-6,22H2,1-2H3,(H,29,30)(H,25,26,31). The highest BCUT2D eigenvalue weighted by molar-refractivity contribution is 5.94. The monoisotopic (exact) mass is 420 g/mol. The fourth-order valence-electron chi connectivity index (χ4n) is 3.30. The molecule has 158 valence electrons. The minimum absolute atomic E-state index is 0.0293. The van der Waals surface area contributed by atoms with Crippen molar-refractivity contribution in [2.45, 2.75) is 20.4 Å². The highest BCUT2D eigenvalue weighted by Gasteiger charge is 2.13. The van der Waals surface area contributed by atoms with E-state index >= 15 is 0 Å². The van der Waals surface area contributed by atoms with Crippen molar-refractivity contribution in [2.75, 3.05) is 17.6 Å². The average molecular weight is 420 g/mol. The van der Waals surface area contributed by atoms with Crippen molar-refractivity contribution < 1.29 is 9.90 Å². The summed E-state index contributed by atoms with van der Waals surface area (Å²) in [5.41, 5.74) is 8.59. The average Bonchev–Trinajstić information content (AvgIpc) is 2.71. The van der Waals surface area contributed by atoms with E-state index in [0.29, 0.717) is 16.7 Å². The number of carboxylic acid groups (broad SMARTS) is 1. The van der Waals surface area contributed by atoms with Gasteiger partial charge in [0.25, 0.3) is 5.56 Å². The molecule has 0 aliphatic carbocycles. The van der Waals surface area contributed by atoms with Gasteiger partial charge < -0.3 is 16.2 Å². The van der Waals surface area contributed by atoms with Gasteiger partial charge in [-0.05, 0) is 55.3 Å². The van der Waals surface area contributed by atoms with Gasteiger partial charge in [0, 0.05) is 24.5 Å². The van der Waals surface area contributed by atoms with Crippen molar-refractivity contribution in [3.63, 3.8) is 0 Å². The van der Waals surface area contributed by atoms with E-state index in [0.717, 1.165) is 15.7 Å². The van der Waals surface area contributed by atoms with Crippen LogP contribution in [0.4, 0.5) is 11.4 Å². The number of hydrogen-bond donors (Lipinski definition) is 4. The predicted octanol–water partition coefficient (Wildman–Crippen LogP) is 1.64. The van der Waals surface area contributed by atoms with Crippen LogP contribution in [0.25, 0.3) is 22.2 Å². The quantitative estimate of drug-likeness (QED) is 0.280. The molecule has 0 aliphatic rings. The minimum Gasteiger partial charge on any atom is -0.478 e. The Morgan fingerprint density at radius 2 is 1.81 bits per heavy atom. The van der Waals surface area contributed by atoms with Crippen LogP contribution in [0.1, 0.15) is 21.5 Å². The Bertz CT molecular complexity index is 1470. The molecule has 4 rings (SSSR count). The molecule has 5 N–H and O–H groups in total. The van der Waals surface area contributed by atoms with Crippen molar-refractivity contribution in [3.05, 3.63) is 67.9 Å². The number of nitrogens with zero attached hydrogens (tertiary/aromatic N) is 3. The number of aromatic carboxylic acids is 1. The normalized spacial score (nSPS) is 11.2. The summed E-state index contributed by atoms with van der Waals surface area (Å²) in [7, 11) is 0. The lowest BCUT2D eigenvalue weighted by molar-refractivity contribution is 0.0698. The zero-order valence-electron chi connectivity index (χ0n) is 16.9. The number of rotatable bonds is 5. The van der Waals surface area contributed by atoms with E-state index in [2.05, 4.69) is 20.3 Å². The first-order valence-corrected chi connectivity index (χ1v) is 9.53. The van der Waals surface area contributed by atoms with Crippen molar-refractivity contribution >= 4 is 39.5 Å². The molecular formula is C21H20N6O4. The summed E-state index contributed by atoms with van der Waals surface area (Å²) in [6, 6.07) is 8.22. The first kappa shape index (κ1) is 20.1. The summed E-state index contributed by atoms with van der Waals surface area (Å²) in [6.07, 6.45) is 0. The molecule has 0 spiro atoms. The number of aryl methyl sites for hydroxylation is 2. The number of fused-ring (bicyclic) bond motifs is 2. The van der Waals surface area contributed by atoms with E-state index in [4.69, 9.17) is 10.8 Å². The molecule has 0 bridgehead atoms. The van der Waals surface area contributed by atoms with Crippen LogP contribution in [0.3, 0.4) is 0 Å². The molecule has 4 aromatic rings. The lowest BCUT2D eigenvalue weighted by atomic mass is 10.1. The summed E-state index contributed by atoms with van der Waals surface area (Å²) in [5.74, 6) is -1.14. The van der Waals surface area contributed by atoms with Crippen LogP contribution in [0.2, 0.25) is 0 Å². The molecule has 2 aromatic carbocycles. The maximum Gasteiger partial charge on any atom is 0.337 e. The Balaban J connectivity index is 1.65. The lowest BCUT2D eigenvalue weighted by Gasteiger charge is -2.10. The van der Waals surface area contributed by atoms with Gasteiger partial charge >= 0.3 is 11.7 Å². The van der Waals surface area contributed by atoms with Crippen molar-refractivity contribution in [1.29, 1.82) is 0 Å². The zero-order valence-corrected chi connectivity index (χ0v) is 16.9. The number of nitrogen functional groups attached to an aromatic ring is 1. The van der Waals surface area contributed by atoms with Gasteiger partial charge in [0.2, 0.25) is 0 Å². The van der Waals surface area contributed by atoms with Crippen LogP contribution < -0.4 is 22.3 Å². The summed E-state index contributed by atoms with van der Waals surface area (Å²) >= 11 is 0. The van der Waals surface area contributed by atoms with Crippen molar-refractivity contribution in [3.8, 4) is 0 Å². The maximum absolute atomic E-state index is 12.9. The van der Waals surface area contributed by atoms with Gasteiger partial charge in [0.15, 0.2) is 11.2 Å². The number of nitrogens with two attached hydrogens (primary N) is 1. The third-order valence-corrected chi connectivity index (χ3v) is 5.15. The number of carbonyl (C=O) groups is 1. The van der Waals surface area contributed by atoms with Gasteiger partial charge in [-0.2, -0.15) is 0 Å². The van der Waals surface area contributed by atoms with E-state index in [9.17, 15) is 14.4 Å². The second kappa shape index (κ2) is 7.56. The molecule has 0 amide bonds. The van der Waals surface area contributed by atoms with Crippen LogP contribution in [0.5, 0.6) is 0 Å². The van der Waals surface area contributed by atoms with Crippen LogP contribution in [-0.4, -0.2) is 37.1 Å². The second-order valence-corrected chi connectivity index (χ2v) is 7.27. The lowest BCUT2D eigenvalue weighted by Crippen LogP contribution is -2.37. The van der Waals surface area contributed by atoms with Gasteiger partial charge in [-0.3, -0.25) is 14.3 Å². The van der Waals surface area contributed by atoms with E-state index in [-0.39, 0.29) is 35.5 Å². The van der Waals surface area contributed by atoms with E-state index in [1.54, 1.807) is 6.07 Å². The maximum atomic E-state index is 12.9. The minimum atomic E-state index is -1.14. The predicted molar refractivity (Wildman–Crippen MR) is 118 cm³/mol. The Kier molecular flexibility index (Phi) is 4.90. The first-order chi connectivity index (χ1) is 14.7. The summed E-state index contributed by atoms with van der Waals surface area (Å²) < 4.78 is 1.03. The molecule has 10 nitrogen and oxygen atoms in total. The SMILES string of the molecule is Cc1cc2nc3[nH]c(=O)n(CCNc4ccc(N)c(C(=O)O)c4)c(=O)c3nc2cc1C. The molecular weight excluding hydrogens is 400 g/mol. The molecule has 10 heteroatoms. The smallest absolute Gasteiger partial charge is 0.337 e. The van der Waals surface area contributed by atoms with Crippen LogP contribution in [-0.2, 0) is 6.54 Å². The Morgan fingerprint density at radius 1 is 1.13 bits per heavy atom. The molecule has 2 aromatic heterocycles. The summed E-state index contributed by atoms with van der Waals surface area (Å²) in [4.78, 5) is 48.0. The molecule has 0 unspecified atom stereocenters. The first-order valence-electron chi connectivity index (χ1n) is 9.53. The third kappa shape index (κ3) is 3.70. The van der Waals surface area contributed by atoms with Gasteiger partial charge in [-0.25, -0.2) is 19.6 Å². The van der Waals surface area contributed by atoms with E-state index < -0.39 is 17.2 Å². The molecule has 0 fully saturated rings. The molecule has 0 saturated heterocycles. The number of aromatic nitrogens is 4. The zero-order chi connectivity index (χ0) is 22.3.